The predicted molar refractivity (Wildman–Crippen MR) is 84.2 cm³/mol. The molecule has 0 amide bonds. The van der Waals surface area contributed by atoms with E-state index in [0.29, 0.717) is 16.8 Å². The van der Waals surface area contributed by atoms with E-state index in [2.05, 4.69) is 9.97 Å². The molecule has 0 aliphatic carbocycles. The van der Waals surface area contributed by atoms with Crippen LogP contribution < -0.4 is 5.14 Å². The van der Waals surface area contributed by atoms with Crippen LogP contribution in [-0.2, 0) is 10.0 Å². The van der Waals surface area contributed by atoms with Crippen LogP contribution >= 0.6 is 0 Å². The monoisotopic (exact) mass is 347 g/mol. The average molecular weight is 347 g/mol. The van der Waals surface area contributed by atoms with Crippen molar-refractivity contribution in [2.75, 3.05) is 0 Å². The zero-order valence-corrected chi connectivity index (χ0v) is 13.0. The molecule has 0 saturated heterocycles. The Morgan fingerprint density at radius 2 is 1.62 bits per heavy atom. The first-order valence-corrected chi connectivity index (χ1v) is 8.30. The fourth-order valence-corrected chi connectivity index (χ4v) is 3.02. The van der Waals surface area contributed by atoms with Crippen molar-refractivity contribution in [1.29, 1.82) is 0 Å². The van der Waals surface area contributed by atoms with Crippen LogP contribution in [0.1, 0.15) is 0 Å². The number of halogens is 2. The van der Waals surface area contributed by atoms with Crippen LogP contribution in [0.25, 0.3) is 22.4 Å². The van der Waals surface area contributed by atoms with Gasteiger partial charge in [-0.1, -0.05) is 12.1 Å². The zero-order valence-electron chi connectivity index (χ0n) is 12.1. The molecule has 0 atom stereocenters. The minimum absolute atomic E-state index is 0.0943. The van der Waals surface area contributed by atoms with Crippen LogP contribution in [-0.4, -0.2) is 18.4 Å². The topological polar surface area (TPSA) is 85.9 Å². The van der Waals surface area contributed by atoms with Crippen molar-refractivity contribution in [2.45, 2.75) is 4.90 Å². The quantitative estimate of drug-likeness (QED) is 0.789. The minimum Gasteiger partial charge on any atom is -0.264 e. The molecular weight excluding hydrogens is 336 g/mol. The molecule has 0 unspecified atom stereocenters. The molecule has 3 rings (SSSR count). The number of primary sulfonamides is 1. The molecule has 0 fully saturated rings. The smallest absolute Gasteiger partial charge is 0.243 e. The molecular formula is C16H11F2N3O2S. The molecule has 3 aromatic rings. The van der Waals surface area contributed by atoms with Crippen LogP contribution in [0.2, 0.25) is 0 Å². The van der Waals surface area contributed by atoms with Gasteiger partial charge in [0.25, 0.3) is 0 Å². The minimum atomic E-state index is -4.51. The van der Waals surface area contributed by atoms with Crippen LogP contribution in [0.15, 0.2) is 59.9 Å². The summed E-state index contributed by atoms with van der Waals surface area (Å²) >= 11 is 0. The fourth-order valence-electron chi connectivity index (χ4n) is 2.36. The van der Waals surface area contributed by atoms with E-state index < -0.39 is 26.6 Å². The molecule has 0 aliphatic heterocycles. The van der Waals surface area contributed by atoms with E-state index in [0.717, 1.165) is 12.1 Å². The standard InChI is InChI=1S/C16H11F2N3O2S/c17-13-7-11(8-14(18)16(13)24(19,22)23)15-12(4-2-6-21-15)10-3-1-5-20-9-10/h1-9H,(H2,19,22,23). The Morgan fingerprint density at radius 3 is 2.21 bits per heavy atom. The summed E-state index contributed by atoms with van der Waals surface area (Å²) in [6.07, 6.45) is 4.66. The molecule has 8 heteroatoms. The number of nitrogens with two attached hydrogens (primary N) is 1. The van der Waals surface area contributed by atoms with E-state index in [1.54, 1.807) is 36.7 Å². The van der Waals surface area contributed by atoms with Crippen LogP contribution in [0.3, 0.4) is 0 Å². The molecule has 2 heterocycles. The number of benzene rings is 1. The summed E-state index contributed by atoms with van der Waals surface area (Å²) in [6.45, 7) is 0. The van der Waals surface area contributed by atoms with Gasteiger partial charge in [-0.25, -0.2) is 22.3 Å². The highest BCUT2D eigenvalue weighted by atomic mass is 32.2. The largest absolute Gasteiger partial charge is 0.264 e. The summed E-state index contributed by atoms with van der Waals surface area (Å²) in [6, 6.07) is 8.69. The summed E-state index contributed by atoms with van der Waals surface area (Å²) in [7, 11) is -4.51. The van der Waals surface area contributed by atoms with Crippen molar-refractivity contribution in [1.82, 2.24) is 9.97 Å². The van der Waals surface area contributed by atoms with Crippen LogP contribution in [0, 0.1) is 11.6 Å². The maximum absolute atomic E-state index is 14.1. The molecule has 0 saturated carbocycles. The van der Waals surface area contributed by atoms with Crippen molar-refractivity contribution >= 4 is 10.0 Å². The van der Waals surface area contributed by atoms with Gasteiger partial charge in [0.1, 0.15) is 11.6 Å². The first-order valence-electron chi connectivity index (χ1n) is 6.75. The van der Waals surface area contributed by atoms with E-state index in [1.807, 2.05) is 0 Å². The molecule has 0 aliphatic rings. The van der Waals surface area contributed by atoms with Crippen molar-refractivity contribution in [3.8, 4) is 22.4 Å². The number of sulfonamides is 1. The summed E-state index contributed by atoms with van der Waals surface area (Å²) in [5.74, 6) is -2.54. The predicted octanol–water partition coefficient (Wildman–Crippen LogP) is 2.74. The van der Waals surface area contributed by atoms with Gasteiger partial charge in [0.2, 0.25) is 10.0 Å². The molecule has 122 valence electrons. The Labute approximate surface area is 136 Å². The van der Waals surface area contributed by atoms with Crippen molar-refractivity contribution < 1.29 is 17.2 Å². The molecule has 1 aromatic carbocycles. The molecule has 0 spiro atoms. The Morgan fingerprint density at radius 1 is 0.958 bits per heavy atom. The third-order valence-electron chi connectivity index (χ3n) is 3.34. The second-order valence-electron chi connectivity index (χ2n) is 4.96. The summed E-state index contributed by atoms with van der Waals surface area (Å²) in [5.41, 5.74) is 1.70. The number of rotatable bonds is 3. The van der Waals surface area contributed by atoms with E-state index in [4.69, 9.17) is 5.14 Å². The van der Waals surface area contributed by atoms with Gasteiger partial charge in [-0.2, -0.15) is 0 Å². The number of hydrogen-bond acceptors (Lipinski definition) is 4. The van der Waals surface area contributed by atoms with Gasteiger partial charge in [-0.15, -0.1) is 0 Å². The normalized spacial score (nSPS) is 11.5. The number of pyridine rings is 2. The highest BCUT2D eigenvalue weighted by Gasteiger charge is 2.22. The SMILES string of the molecule is NS(=O)(=O)c1c(F)cc(-c2ncccc2-c2cccnc2)cc1F. The molecule has 2 N–H and O–H groups in total. The van der Waals surface area contributed by atoms with Gasteiger partial charge >= 0.3 is 0 Å². The molecule has 2 aromatic heterocycles. The Bertz CT molecular complexity index is 986. The lowest BCUT2D eigenvalue weighted by Crippen LogP contribution is -2.16. The highest BCUT2D eigenvalue weighted by Crippen LogP contribution is 2.32. The molecule has 0 radical (unpaired) electrons. The Kier molecular flexibility index (Phi) is 4.08. The second kappa shape index (κ2) is 6.06. The van der Waals surface area contributed by atoms with Gasteiger partial charge in [0.15, 0.2) is 4.90 Å². The number of hydrogen-bond donors (Lipinski definition) is 1. The number of nitrogens with zero attached hydrogens (tertiary/aromatic N) is 2. The summed E-state index contributed by atoms with van der Waals surface area (Å²) in [4.78, 5) is 7.00. The van der Waals surface area contributed by atoms with Gasteiger partial charge in [0, 0.05) is 35.3 Å². The van der Waals surface area contributed by atoms with E-state index >= 15 is 0 Å². The summed E-state index contributed by atoms with van der Waals surface area (Å²) < 4.78 is 50.7. The zero-order chi connectivity index (χ0) is 17.3. The third kappa shape index (κ3) is 3.01. The van der Waals surface area contributed by atoms with Gasteiger partial charge < -0.3 is 0 Å². The van der Waals surface area contributed by atoms with Gasteiger partial charge in [-0.05, 0) is 24.3 Å². The fraction of sp³-hybridized carbons (Fsp3) is 0. The maximum atomic E-state index is 14.1. The lowest BCUT2D eigenvalue weighted by Gasteiger charge is -2.10. The van der Waals surface area contributed by atoms with E-state index in [9.17, 15) is 17.2 Å². The molecule has 5 nitrogen and oxygen atoms in total. The lowest BCUT2D eigenvalue weighted by molar-refractivity contribution is 0.520. The highest BCUT2D eigenvalue weighted by molar-refractivity contribution is 7.89. The average Bonchev–Trinajstić information content (AvgIpc) is 2.53. The van der Waals surface area contributed by atoms with Crippen molar-refractivity contribution in [2.24, 2.45) is 5.14 Å². The second-order valence-corrected chi connectivity index (χ2v) is 6.45. The Hall–Kier alpha value is -2.71. The van der Waals surface area contributed by atoms with Crippen LogP contribution in [0.4, 0.5) is 8.78 Å². The van der Waals surface area contributed by atoms with Gasteiger partial charge in [-0.3, -0.25) is 9.97 Å². The maximum Gasteiger partial charge on any atom is 0.243 e. The lowest BCUT2D eigenvalue weighted by atomic mass is 10.0. The molecule has 0 bridgehead atoms. The van der Waals surface area contributed by atoms with Crippen molar-refractivity contribution in [3.63, 3.8) is 0 Å². The third-order valence-corrected chi connectivity index (χ3v) is 4.30. The van der Waals surface area contributed by atoms with Gasteiger partial charge in [0.05, 0.1) is 5.69 Å². The molecule has 24 heavy (non-hydrogen) atoms. The van der Waals surface area contributed by atoms with Crippen LogP contribution in [0.5, 0.6) is 0 Å². The van der Waals surface area contributed by atoms with E-state index in [1.165, 1.54) is 6.20 Å². The first-order chi connectivity index (χ1) is 11.4. The van der Waals surface area contributed by atoms with Crippen molar-refractivity contribution in [3.05, 3.63) is 66.6 Å². The summed E-state index contributed by atoms with van der Waals surface area (Å²) in [5, 5.41) is 4.84. The van der Waals surface area contributed by atoms with E-state index in [-0.39, 0.29) is 5.56 Å². The Balaban J connectivity index is 2.22. The first kappa shape index (κ1) is 16.2. The number of aromatic nitrogens is 2.